The van der Waals surface area contributed by atoms with E-state index in [2.05, 4.69) is 17.4 Å². The Kier molecular flexibility index (Phi) is 5.36. The molecule has 1 aromatic heterocycles. The van der Waals surface area contributed by atoms with Crippen LogP contribution in [0.1, 0.15) is 38.8 Å². The maximum absolute atomic E-state index is 12.9. The summed E-state index contributed by atoms with van der Waals surface area (Å²) >= 11 is 1.43. The number of methoxy groups -OCH3 is 1. The second-order valence-electron chi connectivity index (χ2n) is 6.68. The SMILES string of the molecule is CCOC(=O)c1c(NC(=O)c2cccc(OC)c2)sc2c1CCc1ccccc1-2. The first-order valence-electron chi connectivity index (χ1n) is 9.48. The van der Waals surface area contributed by atoms with Gasteiger partial charge in [-0.3, -0.25) is 4.79 Å². The van der Waals surface area contributed by atoms with Crippen LogP contribution in [0, 0.1) is 0 Å². The average Bonchev–Trinajstić information content (AvgIpc) is 3.12. The Labute approximate surface area is 173 Å². The molecule has 1 aliphatic rings. The van der Waals surface area contributed by atoms with E-state index in [0.29, 0.717) is 21.9 Å². The molecule has 0 saturated heterocycles. The Bertz CT molecular complexity index is 1090. The summed E-state index contributed by atoms with van der Waals surface area (Å²) < 4.78 is 10.5. The topological polar surface area (TPSA) is 64.6 Å². The molecular weight excluding hydrogens is 386 g/mol. The van der Waals surface area contributed by atoms with Crippen molar-refractivity contribution < 1.29 is 19.1 Å². The molecule has 1 heterocycles. The number of amides is 1. The van der Waals surface area contributed by atoms with Crippen molar-refractivity contribution in [2.24, 2.45) is 0 Å². The second kappa shape index (κ2) is 8.09. The van der Waals surface area contributed by atoms with Gasteiger partial charge >= 0.3 is 5.97 Å². The summed E-state index contributed by atoms with van der Waals surface area (Å²) in [6.07, 6.45) is 1.60. The van der Waals surface area contributed by atoms with Crippen molar-refractivity contribution >= 4 is 28.2 Å². The van der Waals surface area contributed by atoms with Crippen molar-refractivity contribution in [3.63, 3.8) is 0 Å². The molecule has 2 aromatic carbocycles. The number of anilines is 1. The van der Waals surface area contributed by atoms with Gasteiger partial charge in [0.2, 0.25) is 0 Å². The molecule has 0 saturated carbocycles. The Morgan fingerprint density at radius 2 is 1.93 bits per heavy atom. The lowest BCUT2D eigenvalue weighted by Gasteiger charge is -2.16. The van der Waals surface area contributed by atoms with E-state index in [-0.39, 0.29) is 12.5 Å². The molecule has 0 spiro atoms. The van der Waals surface area contributed by atoms with Crippen molar-refractivity contribution in [1.82, 2.24) is 0 Å². The summed E-state index contributed by atoms with van der Waals surface area (Å²) in [5, 5.41) is 3.45. The number of carbonyl (C=O) groups excluding carboxylic acids is 2. The lowest BCUT2D eigenvalue weighted by molar-refractivity contribution is 0.0527. The molecule has 0 unspecified atom stereocenters. The molecule has 148 valence electrons. The van der Waals surface area contributed by atoms with E-state index in [1.807, 2.05) is 12.1 Å². The molecule has 4 rings (SSSR count). The molecular formula is C23H21NO4S. The molecule has 5 nitrogen and oxygen atoms in total. The van der Waals surface area contributed by atoms with E-state index in [1.165, 1.54) is 16.9 Å². The minimum atomic E-state index is -0.398. The van der Waals surface area contributed by atoms with Crippen molar-refractivity contribution in [3.05, 3.63) is 70.8 Å². The number of thiophene rings is 1. The summed E-state index contributed by atoms with van der Waals surface area (Å²) in [4.78, 5) is 26.6. The highest BCUT2D eigenvalue weighted by Gasteiger charge is 2.29. The fraction of sp³-hybridized carbons (Fsp3) is 0.217. The van der Waals surface area contributed by atoms with Gasteiger partial charge in [-0.2, -0.15) is 0 Å². The van der Waals surface area contributed by atoms with Crippen LogP contribution in [0.25, 0.3) is 10.4 Å². The number of nitrogens with one attached hydrogen (secondary N) is 1. The largest absolute Gasteiger partial charge is 0.497 e. The van der Waals surface area contributed by atoms with Crippen LogP contribution < -0.4 is 10.1 Å². The van der Waals surface area contributed by atoms with Crippen LogP contribution in [-0.2, 0) is 17.6 Å². The number of rotatable bonds is 5. The molecule has 0 fully saturated rings. The second-order valence-corrected chi connectivity index (χ2v) is 7.70. The van der Waals surface area contributed by atoms with E-state index in [1.54, 1.807) is 38.3 Å². The van der Waals surface area contributed by atoms with E-state index in [4.69, 9.17) is 9.47 Å². The normalized spacial score (nSPS) is 11.9. The fourth-order valence-corrected chi connectivity index (χ4v) is 4.88. The summed E-state index contributed by atoms with van der Waals surface area (Å²) in [6.45, 7) is 2.06. The number of aryl methyl sites for hydroxylation is 1. The summed E-state index contributed by atoms with van der Waals surface area (Å²) in [6, 6.07) is 15.1. The van der Waals surface area contributed by atoms with E-state index >= 15 is 0 Å². The predicted molar refractivity (Wildman–Crippen MR) is 114 cm³/mol. The van der Waals surface area contributed by atoms with Gasteiger partial charge in [0.1, 0.15) is 10.8 Å². The Hall–Kier alpha value is -3.12. The van der Waals surface area contributed by atoms with Crippen molar-refractivity contribution in [2.45, 2.75) is 19.8 Å². The lowest BCUT2D eigenvalue weighted by atomic mass is 9.89. The van der Waals surface area contributed by atoms with E-state index in [0.717, 1.165) is 28.8 Å². The van der Waals surface area contributed by atoms with Gasteiger partial charge in [-0.1, -0.05) is 30.3 Å². The zero-order chi connectivity index (χ0) is 20.4. The molecule has 1 amide bonds. The highest BCUT2D eigenvalue weighted by Crippen LogP contribution is 2.45. The predicted octanol–water partition coefficient (Wildman–Crippen LogP) is 4.95. The smallest absolute Gasteiger partial charge is 0.341 e. The van der Waals surface area contributed by atoms with Crippen LogP contribution in [0.15, 0.2) is 48.5 Å². The first-order valence-corrected chi connectivity index (χ1v) is 10.3. The number of hydrogen-bond acceptors (Lipinski definition) is 5. The standard InChI is InChI=1S/C23H21NO4S/c1-3-28-23(26)19-18-12-11-14-7-4-5-10-17(14)20(18)29-22(19)24-21(25)15-8-6-9-16(13-15)27-2/h4-10,13H,3,11-12H2,1-2H3,(H,24,25). The van der Waals surface area contributed by atoms with E-state index in [9.17, 15) is 9.59 Å². The number of carbonyl (C=O) groups is 2. The number of benzene rings is 2. The summed E-state index contributed by atoms with van der Waals surface area (Å²) in [5.74, 6) is -0.0886. The van der Waals surface area contributed by atoms with Crippen molar-refractivity contribution in [1.29, 1.82) is 0 Å². The van der Waals surface area contributed by atoms with Gasteiger partial charge < -0.3 is 14.8 Å². The quantitative estimate of drug-likeness (QED) is 0.608. The highest BCUT2D eigenvalue weighted by molar-refractivity contribution is 7.20. The van der Waals surface area contributed by atoms with Crippen LogP contribution in [0.3, 0.4) is 0 Å². The van der Waals surface area contributed by atoms with Gasteiger partial charge in [0.25, 0.3) is 5.91 Å². The third-order valence-corrected chi connectivity index (χ3v) is 6.13. The van der Waals surface area contributed by atoms with Crippen LogP contribution in [0.2, 0.25) is 0 Å². The number of ether oxygens (including phenoxy) is 2. The summed E-state index contributed by atoms with van der Waals surface area (Å²) in [7, 11) is 1.56. The minimum absolute atomic E-state index is 0.281. The van der Waals surface area contributed by atoms with Gasteiger partial charge in [0, 0.05) is 10.4 Å². The minimum Gasteiger partial charge on any atom is -0.497 e. The number of esters is 1. The molecule has 6 heteroatoms. The van der Waals surface area contributed by atoms with Gasteiger partial charge in [-0.25, -0.2) is 4.79 Å². The first-order chi connectivity index (χ1) is 14.1. The van der Waals surface area contributed by atoms with Crippen molar-refractivity contribution in [3.8, 4) is 16.2 Å². The molecule has 29 heavy (non-hydrogen) atoms. The zero-order valence-corrected chi connectivity index (χ0v) is 17.1. The van der Waals surface area contributed by atoms with Gasteiger partial charge in [-0.05, 0) is 54.7 Å². The monoisotopic (exact) mass is 407 g/mol. The third kappa shape index (κ3) is 3.63. The van der Waals surface area contributed by atoms with Crippen LogP contribution in [0.4, 0.5) is 5.00 Å². The molecule has 0 radical (unpaired) electrons. The van der Waals surface area contributed by atoms with Gasteiger partial charge in [-0.15, -0.1) is 11.3 Å². The van der Waals surface area contributed by atoms with Crippen LogP contribution in [-0.4, -0.2) is 25.6 Å². The molecule has 0 aliphatic heterocycles. The third-order valence-electron chi connectivity index (χ3n) is 4.95. The Morgan fingerprint density at radius 3 is 2.72 bits per heavy atom. The average molecular weight is 407 g/mol. The van der Waals surface area contributed by atoms with Gasteiger partial charge in [0.05, 0.1) is 19.3 Å². The molecule has 0 atom stereocenters. The molecule has 1 N–H and O–H groups in total. The maximum atomic E-state index is 12.9. The molecule has 3 aromatic rings. The van der Waals surface area contributed by atoms with Gasteiger partial charge in [0.15, 0.2) is 0 Å². The van der Waals surface area contributed by atoms with Crippen LogP contribution in [0.5, 0.6) is 5.75 Å². The Morgan fingerprint density at radius 1 is 1.10 bits per heavy atom. The zero-order valence-electron chi connectivity index (χ0n) is 16.3. The van der Waals surface area contributed by atoms with Crippen LogP contribution >= 0.6 is 11.3 Å². The summed E-state index contributed by atoms with van der Waals surface area (Å²) in [5.41, 5.74) is 4.25. The fourth-order valence-electron chi connectivity index (χ4n) is 3.59. The van der Waals surface area contributed by atoms with E-state index < -0.39 is 5.97 Å². The highest BCUT2D eigenvalue weighted by atomic mass is 32.1. The first kappa shape index (κ1) is 19.2. The maximum Gasteiger partial charge on any atom is 0.341 e. The molecule has 1 aliphatic carbocycles. The van der Waals surface area contributed by atoms with Crippen molar-refractivity contribution in [2.75, 3.05) is 19.0 Å². The number of fused-ring (bicyclic) bond motifs is 3. The Balaban J connectivity index is 1.76. The number of hydrogen-bond donors (Lipinski definition) is 1. The molecule has 0 bridgehead atoms. The lowest BCUT2D eigenvalue weighted by Crippen LogP contribution is -2.16.